The average molecular weight is 293 g/mol. The first-order valence-corrected chi connectivity index (χ1v) is 7.84. The number of carbonyl (C=O) groups excluding carboxylic acids is 1. The summed E-state index contributed by atoms with van der Waals surface area (Å²) in [6, 6.07) is 8.06. The number of nitrogens with zero attached hydrogens (tertiary/aromatic N) is 2. The van der Waals surface area contributed by atoms with Gasteiger partial charge in [-0.15, -0.1) is 23.1 Å². The van der Waals surface area contributed by atoms with Gasteiger partial charge in [0.25, 0.3) is 0 Å². The number of nitrogens with one attached hydrogen (secondary N) is 1. The van der Waals surface area contributed by atoms with Crippen molar-refractivity contribution in [3.63, 3.8) is 0 Å². The molecule has 100 valence electrons. The summed E-state index contributed by atoms with van der Waals surface area (Å²) < 4.78 is 0. The number of benzene rings is 1. The van der Waals surface area contributed by atoms with E-state index in [4.69, 9.17) is 0 Å². The lowest BCUT2D eigenvalue weighted by atomic mass is 10.2. The van der Waals surface area contributed by atoms with E-state index in [2.05, 4.69) is 22.4 Å². The van der Waals surface area contributed by atoms with Crippen LogP contribution in [0.5, 0.6) is 0 Å². The van der Waals surface area contributed by atoms with Gasteiger partial charge in [-0.05, 0) is 24.0 Å². The fourth-order valence-corrected chi connectivity index (χ4v) is 2.48. The Hall–Kier alpha value is -1.53. The molecule has 0 aliphatic carbocycles. The molecule has 0 bridgehead atoms. The monoisotopic (exact) mass is 293 g/mol. The summed E-state index contributed by atoms with van der Waals surface area (Å²) in [6.45, 7) is 0.575. The highest BCUT2D eigenvalue weighted by Gasteiger charge is 2.10. The summed E-state index contributed by atoms with van der Waals surface area (Å²) in [7, 11) is 1.77. The third-order valence-corrected chi connectivity index (χ3v) is 4.00. The second-order valence-electron chi connectivity index (χ2n) is 3.97. The predicted molar refractivity (Wildman–Crippen MR) is 80.8 cm³/mol. The standard InChI is InChI=1S/C13H15N3OS2/c1-16(13(17)15-12-14-7-8-19-12)9-10-3-5-11(18-2)6-4-10/h3-8H,9H2,1-2H3,(H,14,15,17). The number of amides is 2. The lowest BCUT2D eigenvalue weighted by molar-refractivity contribution is 0.220. The van der Waals surface area contributed by atoms with Gasteiger partial charge in [-0.2, -0.15) is 0 Å². The Labute approximate surface area is 120 Å². The van der Waals surface area contributed by atoms with Crippen molar-refractivity contribution < 1.29 is 4.79 Å². The van der Waals surface area contributed by atoms with Gasteiger partial charge in [0.2, 0.25) is 0 Å². The molecule has 0 spiro atoms. The van der Waals surface area contributed by atoms with E-state index in [1.54, 1.807) is 29.9 Å². The Balaban J connectivity index is 1.92. The topological polar surface area (TPSA) is 45.2 Å². The van der Waals surface area contributed by atoms with E-state index < -0.39 is 0 Å². The molecule has 0 saturated carbocycles. The first-order valence-electron chi connectivity index (χ1n) is 5.73. The minimum atomic E-state index is -0.149. The largest absolute Gasteiger partial charge is 0.323 e. The lowest BCUT2D eigenvalue weighted by Gasteiger charge is -2.17. The first kappa shape index (κ1) is 13.9. The molecule has 0 aliphatic rings. The second kappa shape index (κ2) is 6.58. The van der Waals surface area contributed by atoms with E-state index in [0.717, 1.165) is 5.56 Å². The number of thiazole rings is 1. The number of aromatic nitrogens is 1. The summed E-state index contributed by atoms with van der Waals surface area (Å²) in [5.74, 6) is 0. The zero-order valence-corrected chi connectivity index (χ0v) is 12.4. The third-order valence-electron chi connectivity index (χ3n) is 2.57. The van der Waals surface area contributed by atoms with Crippen LogP contribution in [-0.4, -0.2) is 29.2 Å². The van der Waals surface area contributed by atoms with Crippen LogP contribution >= 0.6 is 23.1 Å². The number of urea groups is 1. The van der Waals surface area contributed by atoms with Crippen LogP contribution in [0.15, 0.2) is 40.7 Å². The van der Waals surface area contributed by atoms with Gasteiger partial charge in [0.05, 0.1) is 0 Å². The summed E-state index contributed by atoms with van der Waals surface area (Å²) in [4.78, 5) is 18.8. The van der Waals surface area contributed by atoms with Gasteiger partial charge in [0.15, 0.2) is 5.13 Å². The van der Waals surface area contributed by atoms with Crippen LogP contribution < -0.4 is 5.32 Å². The Morgan fingerprint density at radius 2 is 2.16 bits per heavy atom. The first-order chi connectivity index (χ1) is 9.19. The van der Waals surface area contributed by atoms with Crippen molar-refractivity contribution >= 4 is 34.3 Å². The molecule has 2 amide bonds. The fourth-order valence-electron chi connectivity index (χ4n) is 1.55. The molecule has 0 atom stereocenters. The molecule has 6 heteroatoms. The van der Waals surface area contributed by atoms with Crippen LogP contribution in [0.25, 0.3) is 0 Å². The molecule has 0 radical (unpaired) electrons. The lowest BCUT2D eigenvalue weighted by Crippen LogP contribution is -2.30. The predicted octanol–water partition coefficient (Wildman–Crippen LogP) is 3.53. The van der Waals surface area contributed by atoms with E-state index in [1.807, 2.05) is 23.8 Å². The van der Waals surface area contributed by atoms with E-state index >= 15 is 0 Å². The van der Waals surface area contributed by atoms with Gasteiger partial charge >= 0.3 is 6.03 Å². The number of anilines is 1. The zero-order valence-electron chi connectivity index (χ0n) is 10.8. The molecule has 0 aliphatic heterocycles. The molecule has 2 rings (SSSR count). The normalized spacial score (nSPS) is 10.2. The summed E-state index contributed by atoms with van der Waals surface area (Å²) in [5, 5.41) is 5.20. The SMILES string of the molecule is CSc1ccc(CN(C)C(=O)Nc2nccs2)cc1. The highest BCUT2D eigenvalue weighted by molar-refractivity contribution is 7.98. The number of hydrogen-bond donors (Lipinski definition) is 1. The van der Waals surface area contributed by atoms with Gasteiger partial charge in [-0.25, -0.2) is 9.78 Å². The van der Waals surface area contributed by atoms with E-state index in [9.17, 15) is 4.79 Å². The smallest absolute Gasteiger partial charge is 0.323 e. The molecule has 0 saturated heterocycles. The second-order valence-corrected chi connectivity index (χ2v) is 5.75. The van der Waals surface area contributed by atoms with Crippen LogP contribution in [0.1, 0.15) is 5.56 Å². The van der Waals surface area contributed by atoms with Crippen molar-refractivity contribution in [2.24, 2.45) is 0 Å². The Morgan fingerprint density at radius 1 is 1.42 bits per heavy atom. The molecule has 2 aromatic rings. The molecule has 1 aromatic carbocycles. The van der Waals surface area contributed by atoms with Crippen LogP contribution in [0.4, 0.5) is 9.93 Å². The highest BCUT2D eigenvalue weighted by atomic mass is 32.2. The average Bonchev–Trinajstić information content (AvgIpc) is 2.92. The highest BCUT2D eigenvalue weighted by Crippen LogP contribution is 2.16. The minimum Gasteiger partial charge on any atom is -0.323 e. The number of thioether (sulfide) groups is 1. The minimum absolute atomic E-state index is 0.149. The molecular formula is C13H15N3OS2. The molecule has 1 N–H and O–H groups in total. The van der Waals surface area contributed by atoms with E-state index in [-0.39, 0.29) is 6.03 Å². The van der Waals surface area contributed by atoms with Crippen molar-refractivity contribution in [3.05, 3.63) is 41.4 Å². The summed E-state index contributed by atoms with van der Waals surface area (Å²) >= 11 is 3.11. The molecular weight excluding hydrogens is 278 g/mol. The number of rotatable bonds is 4. The summed E-state index contributed by atoms with van der Waals surface area (Å²) in [5.41, 5.74) is 1.11. The van der Waals surface area contributed by atoms with Gasteiger partial charge in [0.1, 0.15) is 0 Å². The summed E-state index contributed by atoms with van der Waals surface area (Å²) in [6.07, 6.45) is 3.71. The Bertz CT molecular complexity index is 525. The number of carbonyl (C=O) groups is 1. The molecule has 1 aromatic heterocycles. The molecule has 4 nitrogen and oxygen atoms in total. The van der Waals surface area contributed by atoms with Crippen LogP contribution in [0.2, 0.25) is 0 Å². The Kier molecular flexibility index (Phi) is 4.81. The van der Waals surface area contributed by atoms with Gasteiger partial charge in [-0.3, -0.25) is 5.32 Å². The fraction of sp³-hybridized carbons (Fsp3) is 0.231. The van der Waals surface area contributed by atoms with Crippen molar-refractivity contribution in [1.82, 2.24) is 9.88 Å². The molecule has 1 heterocycles. The molecule has 0 unspecified atom stereocenters. The van der Waals surface area contributed by atoms with E-state index in [1.165, 1.54) is 16.2 Å². The maximum absolute atomic E-state index is 11.9. The molecule has 0 fully saturated rings. The van der Waals surface area contributed by atoms with Gasteiger partial charge < -0.3 is 4.90 Å². The van der Waals surface area contributed by atoms with Crippen molar-refractivity contribution in [2.75, 3.05) is 18.6 Å². The maximum Gasteiger partial charge on any atom is 0.323 e. The zero-order chi connectivity index (χ0) is 13.7. The quantitative estimate of drug-likeness (QED) is 0.877. The Morgan fingerprint density at radius 3 is 2.74 bits per heavy atom. The third kappa shape index (κ3) is 3.97. The van der Waals surface area contributed by atoms with Crippen LogP contribution in [-0.2, 0) is 6.54 Å². The van der Waals surface area contributed by atoms with Crippen LogP contribution in [0, 0.1) is 0 Å². The van der Waals surface area contributed by atoms with Gasteiger partial charge in [-0.1, -0.05) is 12.1 Å². The van der Waals surface area contributed by atoms with Gasteiger partial charge in [0, 0.05) is 30.1 Å². The van der Waals surface area contributed by atoms with Crippen molar-refractivity contribution in [2.45, 2.75) is 11.4 Å². The van der Waals surface area contributed by atoms with Crippen molar-refractivity contribution in [3.8, 4) is 0 Å². The van der Waals surface area contributed by atoms with E-state index in [0.29, 0.717) is 11.7 Å². The van der Waals surface area contributed by atoms with Crippen molar-refractivity contribution in [1.29, 1.82) is 0 Å². The van der Waals surface area contributed by atoms with Crippen LogP contribution in [0.3, 0.4) is 0 Å². The number of hydrogen-bond acceptors (Lipinski definition) is 4. The maximum atomic E-state index is 11.9. The molecule has 19 heavy (non-hydrogen) atoms.